The number of amides is 1. The van der Waals surface area contributed by atoms with Gasteiger partial charge < -0.3 is 5.32 Å². The molecule has 2 aromatic rings. The number of tetrazole rings is 1. The summed E-state index contributed by atoms with van der Waals surface area (Å²) in [6.45, 7) is 9.01. The van der Waals surface area contributed by atoms with Crippen LogP contribution in [0.2, 0.25) is 0 Å². The Morgan fingerprint density at radius 2 is 2.30 bits per heavy atom. The van der Waals surface area contributed by atoms with Crippen LogP contribution in [0.15, 0.2) is 6.33 Å². The van der Waals surface area contributed by atoms with Gasteiger partial charge in [-0.1, -0.05) is 6.92 Å². The summed E-state index contributed by atoms with van der Waals surface area (Å²) in [5, 5.41) is 15.1. The number of thiophene rings is 1. The van der Waals surface area contributed by atoms with Crippen molar-refractivity contribution in [3.05, 3.63) is 22.3 Å². The molecule has 0 saturated carbocycles. The quantitative estimate of drug-likeness (QED) is 0.898. The van der Waals surface area contributed by atoms with Gasteiger partial charge in [0.15, 0.2) is 0 Å². The van der Waals surface area contributed by atoms with Crippen LogP contribution in [0.3, 0.4) is 0 Å². The molecule has 8 heteroatoms. The molecule has 2 aromatic heterocycles. The average Bonchev–Trinajstić information content (AvgIpc) is 3.26. The van der Waals surface area contributed by atoms with Crippen LogP contribution in [0.5, 0.6) is 0 Å². The summed E-state index contributed by atoms with van der Waals surface area (Å²) < 4.78 is 1.56. The summed E-state index contributed by atoms with van der Waals surface area (Å²) in [6.07, 6.45) is 3.88. The Hall–Kier alpha value is -1.80. The van der Waals surface area contributed by atoms with E-state index in [0.717, 1.165) is 35.0 Å². The predicted molar refractivity (Wildman–Crippen MR) is 89.1 cm³/mol. The first-order chi connectivity index (χ1) is 11.1. The minimum Gasteiger partial charge on any atom is -0.350 e. The molecule has 0 aromatic carbocycles. The van der Waals surface area contributed by atoms with Crippen LogP contribution in [-0.2, 0) is 0 Å². The maximum atomic E-state index is 12.7. The van der Waals surface area contributed by atoms with Crippen LogP contribution >= 0.6 is 11.3 Å². The number of hydrogen-bond donors (Lipinski definition) is 1. The number of carbonyl (C=O) groups excluding carboxylic acids is 1. The van der Waals surface area contributed by atoms with Gasteiger partial charge in [0, 0.05) is 17.5 Å². The first-order valence-corrected chi connectivity index (χ1v) is 8.79. The van der Waals surface area contributed by atoms with Gasteiger partial charge in [-0.15, -0.1) is 16.4 Å². The van der Waals surface area contributed by atoms with Crippen molar-refractivity contribution in [3.8, 4) is 5.00 Å². The fourth-order valence-corrected chi connectivity index (χ4v) is 4.20. The van der Waals surface area contributed by atoms with Crippen LogP contribution in [0.1, 0.15) is 40.6 Å². The standard InChI is InChI=1S/C15H22N6OS/c1-4-20-7-5-6-12(20)8-16-14(22)13-10(2)11(3)23-15(13)21-9-17-18-19-21/h9,12H,4-8H2,1-3H3,(H,16,22)/t12-/m0/s1. The molecule has 3 rings (SSSR count). The second-order valence-electron chi connectivity index (χ2n) is 5.85. The molecule has 1 fully saturated rings. The van der Waals surface area contributed by atoms with Crippen molar-refractivity contribution >= 4 is 17.2 Å². The number of likely N-dealkylation sites (tertiary alicyclic amines) is 1. The van der Waals surface area contributed by atoms with E-state index in [-0.39, 0.29) is 5.91 Å². The Morgan fingerprint density at radius 1 is 1.48 bits per heavy atom. The maximum Gasteiger partial charge on any atom is 0.254 e. The lowest BCUT2D eigenvalue weighted by atomic mass is 10.1. The fourth-order valence-electron chi connectivity index (χ4n) is 3.13. The smallest absolute Gasteiger partial charge is 0.254 e. The second kappa shape index (κ2) is 6.76. The van der Waals surface area contributed by atoms with Gasteiger partial charge >= 0.3 is 0 Å². The maximum absolute atomic E-state index is 12.7. The first kappa shape index (κ1) is 16.1. The van der Waals surface area contributed by atoms with Crippen molar-refractivity contribution < 1.29 is 4.79 Å². The van der Waals surface area contributed by atoms with Crippen molar-refractivity contribution in [1.29, 1.82) is 0 Å². The van der Waals surface area contributed by atoms with Crippen molar-refractivity contribution in [3.63, 3.8) is 0 Å². The van der Waals surface area contributed by atoms with E-state index in [1.165, 1.54) is 24.1 Å². The highest BCUT2D eigenvalue weighted by Gasteiger charge is 2.26. The lowest BCUT2D eigenvalue weighted by molar-refractivity contribution is 0.0941. The number of carbonyl (C=O) groups is 1. The molecule has 7 nitrogen and oxygen atoms in total. The van der Waals surface area contributed by atoms with Gasteiger partial charge in [0.1, 0.15) is 11.3 Å². The number of hydrogen-bond acceptors (Lipinski definition) is 6. The molecule has 1 aliphatic rings. The molecule has 0 aliphatic carbocycles. The summed E-state index contributed by atoms with van der Waals surface area (Å²) in [5.74, 6) is -0.0414. The Labute approximate surface area is 139 Å². The molecule has 3 heterocycles. The van der Waals surface area contributed by atoms with Crippen LogP contribution < -0.4 is 5.32 Å². The van der Waals surface area contributed by atoms with E-state index < -0.39 is 0 Å². The molecule has 0 unspecified atom stereocenters. The van der Waals surface area contributed by atoms with Gasteiger partial charge in [-0.25, -0.2) is 0 Å². The topological polar surface area (TPSA) is 75.9 Å². The van der Waals surface area contributed by atoms with E-state index >= 15 is 0 Å². The van der Waals surface area contributed by atoms with Crippen LogP contribution in [0.4, 0.5) is 0 Å². The van der Waals surface area contributed by atoms with E-state index in [0.29, 0.717) is 18.2 Å². The Kier molecular flexibility index (Phi) is 4.72. The highest BCUT2D eigenvalue weighted by Crippen LogP contribution is 2.30. The Bertz CT molecular complexity index is 680. The molecule has 0 bridgehead atoms. The molecule has 1 saturated heterocycles. The largest absolute Gasteiger partial charge is 0.350 e. The van der Waals surface area contributed by atoms with E-state index in [1.54, 1.807) is 4.68 Å². The number of nitrogens with one attached hydrogen (secondary N) is 1. The van der Waals surface area contributed by atoms with Crippen LogP contribution in [-0.4, -0.2) is 56.7 Å². The van der Waals surface area contributed by atoms with Crippen molar-refractivity contribution in [2.24, 2.45) is 0 Å². The molecule has 0 spiro atoms. The summed E-state index contributed by atoms with van der Waals surface area (Å²) in [6, 6.07) is 0.445. The molecule has 1 N–H and O–H groups in total. The van der Waals surface area contributed by atoms with Crippen LogP contribution in [0, 0.1) is 13.8 Å². The van der Waals surface area contributed by atoms with Crippen molar-refractivity contribution in [2.45, 2.75) is 39.7 Å². The van der Waals surface area contributed by atoms with Gasteiger partial charge in [-0.2, -0.15) is 4.68 Å². The number of rotatable bonds is 5. The summed E-state index contributed by atoms with van der Waals surface area (Å²) in [5.41, 5.74) is 1.68. The van der Waals surface area contributed by atoms with Gasteiger partial charge in [0.25, 0.3) is 5.91 Å². The molecule has 1 aliphatic heterocycles. The average molecular weight is 334 g/mol. The minimum absolute atomic E-state index is 0.0414. The number of likely N-dealkylation sites (N-methyl/N-ethyl adjacent to an activating group) is 1. The zero-order valence-electron chi connectivity index (χ0n) is 13.7. The van der Waals surface area contributed by atoms with Gasteiger partial charge in [0.05, 0.1) is 5.56 Å². The predicted octanol–water partition coefficient (Wildman–Crippen LogP) is 1.55. The Balaban J connectivity index is 1.77. The number of aromatic nitrogens is 4. The molecule has 23 heavy (non-hydrogen) atoms. The SMILES string of the molecule is CCN1CCC[C@H]1CNC(=O)c1c(-n2cnnn2)sc(C)c1C. The normalized spacial score (nSPS) is 18.5. The lowest BCUT2D eigenvalue weighted by Crippen LogP contribution is -2.40. The fraction of sp³-hybridized carbons (Fsp3) is 0.600. The second-order valence-corrected chi connectivity index (χ2v) is 7.06. The summed E-state index contributed by atoms with van der Waals surface area (Å²) >= 11 is 1.54. The number of nitrogens with zero attached hydrogens (tertiary/aromatic N) is 5. The third-order valence-electron chi connectivity index (χ3n) is 4.55. The van der Waals surface area contributed by atoms with E-state index in [4.69, 9.17) is 0 Å². The summed E-state index contributed by atoms with van der Waals surface area (Å²) in [7, 11) is 0. The summed E-state index contributed by atoms with van der Waals surface area (Å²) in [4.78, 5) is 16.3. The molecule has 0 radical (unpaired) electrons. The molecule has 124 valence electrons. The van der Waals surface area contributed by atoms with E-state index in [1.807, 2.05) is 13.8 Å². The van der Waals surface area contributed by atoms with Gasteiger partial charge in [0.2, 0.25) is 0 Å². The van der Waals surface area contributed by atoms with Gasteiger partial charge in [-0.3, -0.25) is 9.69 Å². The first-order valence-electron chi connectivity index (χ1n) is 7.97. The third-order valence-corrected chi connectivity index (χ3v) is 5.75. The third kappa shape index (κ3) is 3.13. The Morgan fingerprint density at radius 3 is 3.00 bits per heavy atom. The molecular formula is C15H22N6OS. The monoisotopic (exact) mass is 334 g/mol. The van der Waals surface area contributed by atoms with E-state index in [9.17, 15) is 4.79 Å². The van der Waals surface area contributed by atoms with Crippen LogP contribution in [0.25, 0.3) is 5.00 Å². The van der Waals surface area contributed by atoms with Crippen molar-refractivity contribution in [1.82, 2.24) is 30.4 Å². The molecule has 1 atom stereocenters. The number of aryl methyl sites for hydroxylation is 1. The minimum atomic E-state index is -0.0414. The molecular weight excluding hydrogens is 312 g/mol. The van der Waals surface area contributed by atoms with E-state index in [2.05, 4.69) is 32.7 Å². The zero-order valence-corrected chi connectivity index (χ0v) is 14.6. The van der Waals surface area contributed by atoms with Crippen molar-refractivity contribution in [2.75, 3.05) is 19.6 Å². The van der Waals surface area contributed by atoms with Gasteiger partial charge in [-0.05, 0) is 55.8 Å². The highest BCUT2D eigenvalue weighted by atomic mass is 32.1. The lowest BCUT2D eigenvalue weighted by Gasteiger charge is -2.23. The zero-order chi connectivity index (χ0) is 16.4. The highest BCUT2D eigenvalue weighted by molar-refractivity contribution is 7.15. The molecule has 1 amide bonds.